The van der Waals surface area contributed by atoms with Gasteiger partial charge in [-0.05, 0) is 18.6 Å². The molecule has 0 N–H and O–H groups in total. The molecule has 1 nitrogen and oxygen atoms in total. The summed E-state index contributed by atoms with van der Waals surface area (Å²) in [5.41, 5.74) is 0. The number of hydrogen-bond donors (Lipinski definition) is 0. The lowest BCUT2D eigenvalue weighted by atomic mass is 10.1. The molecule has 0 radical (unpaired) electrons. The second-order valence-corrected chi connectivity index (χ2v) is 5.62. The third kappa shape index (κ3) is 3.74. The van der Waals surface area contributed by atoms with Gasteiger partial charge in [0.1, 0.15) is 5.75 Å². The number of unbranched alkanes of at least 4 members (excludes halogenated alkanes) is 5. The van der Waals surface area contributed by atoms with E-state index in [4.69, 9.17) is 4.74 Å². The van der Waals surface area contributed by atoms with Crippen molar-refractivity contribution in [3.05, 3.63) is 29.6 Å². The fourth-order valence-corrected chi connectivity index (χ4v) is 3.01. The van der Waals surface area contributed by atoms with Crippen molar-refractivity contribution in [2.75, 3.05) is 6.61 Å². The van der Waals surface area contributed by atoms with Crippen LogP contribution < -0.4 is 4.74 Å². The van der Waals surface area contributed by atoms with Crippen LogP contribution in [0.25, 0.3) is 10.1 Å². The smallest absolute Gasteiger partial charge is 0.137 e. The van der Waals surface area contributed by atoms with Crippen LogP contribution in [0, 0.1) is 0 Å². The summed E-state index contributed by atoms with van der Waals surface area (Å²) in [5, 5.41) is 3.38. The molecule has 0 saturated carbocycles. The maximum absolute atomic E-state index is 5.88. The second kappa shape index (κ2) is 7.42. The number of fused-ring (bicyclic) bond motifs is 1. The van der Waals surface area contributed by atoms with Crippen LogP contribution in [0.4, 0.5) is 0 Å². The Balaban J connectivity index is 1.70. The Bertz CT molecular complexity index is 461. The van der Waals surface area contributed by atoms with Gasteiger partial charge in [0.05, 0.1) is 6.61 Å². The monoisotopic (exact) mass is 262 g/mol. The third-order valence-electron chi connectivity index (χ3n) is 3.20. The molecule has 0 amide bonds. The topological polar surface area (TPSA) is 9.23 Å². The van der Waals surface area contributed by atoms with Crippen LogP contribution >= 0.6 is 11.3 Å². The number of thiophene rings is 1. The van der Waals surface area contributed by atoms with Crippen LogP contribution in [0.1, 0.15) is 45.4 Å². The lowest BCUT2D eigenvalue weighted by Crippen LogP contribution is -1.96. The summed E-state index contributed by atoms with van der Waals surface area (Å²) in [4.78, 5) is 0. The molecule has 0 atom stereocenters. The molecule has 0 bridgehead atoms. The standard InChI is InChI=1S/C16H22OS/c1-2-3-4-5-6-9-12-17-15-13-18-16-11-8-7-10-14(15)16/h7-8,10-11,13H,2-6,9,12H2,1H3. The molecule has 0 fully saturated rings. The summed E-state index contributed by atoms with van der Waals surface area (Å²) < 4.78 is 7.19. The highest BCUT2D eigenvalue weighted by atomic mass is 32.1. The summed E-state index contributed by atoms with van der Waals surface area (Å²) >= 11 is 1.76. The van der Waals surface area contributed by atoms with Gasteiger partial charge in [0.25, 0.3) is 0 Å². The number of benzene rings is 1. The minimum absolute atomic E-state index is 0.854. The summed E-state index contributed by atoms with van der Waals surface area (Å²) in [6.07, 6.45) is 7.88. The maximum atomic E-state index is 5.88. The first-order valence-electron chi connectivity index (χ1n) is 7.01. The Hall–Kier alpha value is -1.02. The molecule has 0 aliphatic heterocycles. The lowest BCUT2D eigenvalue weighted by Gasteiger charge is -2.04. The third-order valence-corrected chi connectivity index (χ3v) is 4.14. The Morgan fingerprint density at radius 1 is 1.00 bits per heavy atom. The number of rotatable bonds is 8. The maximum Gasteiger partial charge on any atom is 0.137 e. The van der Waals surface area contributed by atoms with E-state index in [-0.39, 0.29) is 0 Å². The van der Waals surface area contributed by atoms with Gasteiger partial charge >= 0.3 is 0 Å². The Kier molecular flexibility index (Phi) is 5.53. The molecule has 2 heteroatoms. The molecule has 2 rings (SSSR count). The van der Waals surface area contributed by atoms with E-state index in [1.54, 1.807) is 11.3 Å². The molecule has 1 aromatic carbocycles. The molecule has 2 aromatic rings. The predicted octanol–water partition coefficient (Wildman–Crippen LogP) is 5.64. The quantitative estimate of drug-likeness (QED) is 0.559. The first kappa shape index (κ1) is 13.4. The van der Waals surface area contributed by atoms with E-state index >= 15 is 0 Å². The molecule has 18 heavy (non-hydrogen) atoms. The molecule has 0 spiro atoms. The summed E-state index contributed by atoms with van der Waals surface area (Å²) in [7, 11) is 0. The van der Waals surface area contributed by atoms with Crippen LogP contribution in [-0.2, 0) is 0 Å². The average molecular weight is 262 g/mol. The van der Waals surface area contributed by atoms with Crippen LogP contribution in [-0.4, -0.2) is 6.61 Å². The van der Waals surface area contributed by atoms with Gasteiger partial charge in [-0.2, -0.15) is 0 Å². The number of ether oxygens (including phenoxy) is 1. The van der Waals surface area contributed by atoms with Gasteiger partial charge < -0.3 is 4.74 Å². The molecular formula is C16H22OS. The van der Waals surface area contributed by atoms with Gasteiger partial charge in [-0.3, -0.25) is 0 Å². The van der Waals surface area contributed by atoms with Crippen molar-refractivity contribution in [2.45, 2.75) is 45.4 Å². The highest BCUT2D eigenvalue weighted by Gasteiger charge is 2.03. The van der Waals surface area contributed by atoms with Crippen molar-refractivity contribution >= 4 is 21.4 Å². The first-order valence-corrected chi connectivity index (χ1v) is 7.89. The molecular weight excluding hydrogens is 240 g/mol. The van der Waals surface area contributed by atoms with Crippen molar-refractivity contribution in [3.8, 4) is 5.75 Å². The van der Waals surface area contributed by atoms with Crippen molar-refractivity contribution in [1.29, 1.82) is 0 Å². The molecule has 1 heterocycles. The van der Waals surface area contributed by atoms with Crippen LogP contribution in [0.15, 0.2) is 29.6 Å². The van der Waals surface area contributed by atoms with Gasteiger partial charge in [0.15, 0.2) is 0 Å². The first-order chi connectivity index (χ1) is 8.92. The highest BCUT2D eigenvalue weighted by Crippen LogP contribution is 2.31. The summed E-state index contributed by atoms with van der Waals surface area (Å²) in [6, 6.07) is 8.45. The van der Waals surface area contributed by atoms with E-state index in [1.807, 2.05) is 0 Å². The lowest BCUT2D eigenvalue weighted by molar-refractivity contribution is 0.309. The van der Waals surface area contributed by atoms with Crippen molar-refractivity contribution in [1.82, 2.24) is 0 Å². The van der Waals surface area contributed by atoms with E-state index < -0.39 is 0 Å². The predicted molar refractivity (Wildman–Crippen MR) is 80.7 cm³/mol. The molecule has 1 aromatic heterocycles. The summed E-state index contributed by atoms with van der Waals surface area (Å²) in [6.45, 7) is 3.11. The SMILES string of the molecule is CCCCCCCCOc1csc2ccccc12. The van der Waals surface area contributed by atoms with Gasteiger partial charge in [0, 0.05) is 15.5 Å². The van der Waals surface area contributed by atoms with Crippen molar-refractivity contribution in [2.24, 2.45) is 0 Å². The Labute approximate surface area is 114 Å². The second-order valence-electron chi connectivity index (χ2n) is 4.71. The van der Waals surface area contributed by atoms with E-state index in [2.05, 4.69) is 36.6 Å². The van der Waals surface area contributed by atoms with E-state index in [1.165, 1.54) is 48.6 Å². The van der Waals surface area contributed by atoms with E-state index in [0.29, 0.717) is 0 Å². The van der Waals surface area contributed by atoms with Gasteiger partial charge in [0.2, 0.25) is 0 Å². The summed E-state index contributed by atoms with van der Waals surface area (Å²) in [5.74, 6) is 1.06. The van der Waals surface area contributed by atoms with Gasteiger partial charge in [-0.25, -0.2) is 0 Å². The van der Waals surface area contributed by atoms with Gasteiger partial charge in [-0.15, -0.1) is 11.3 Å². The minimum atomic E-state index is 0.854. The van der Waals surface area contributed by atoms with Crippen LogP contribution in [0.5, 0.6) is 5.75 Å². The minimum Gasteiger partial charge on any atom is -0.492 e. The van der Waals surface area contributed by atoms with Crippen LogP contribution in [0.3, 0.4) is 0 Å². The van der Waals surface area contributed by atoms with Crippen molar-refractivity contribution < 1.29 is 4.74 Å². The molecule has 0 unspecified atom stereocenters. The molecule has 0 saturated heterocycles. The zero-order chi connectivity index (χ0) is 12.6. The molecule has 98 valence electrons. The fourth-order valence-electron chi connectivity index (χ4n) is 2.13. The fraction of sp³-hybridized carbons (Fsp3) is 0.500. The Morgan fingerprint density at radius 3 is 2.67 bits per heavy atom. The van der Waals surface area contributed by atoms with E-state index in [9.17, 15) is 0 Å². The van der Waals surface area contributed by atoms with Gasteiger partial charge in [-0.1, -0.05) is 51.2 Å². The highest BCUT2D eigenvalue weighted by molar-refractivity contribution is 7.17. The van der Waals surface area contributed by atoms with E-state index in [0.717, 1.165) is 12.4 Å². The normalized spacial score (nSPS) is 10.9. The number of hydrogen-bond acceptors (Lipinski definition) is 2. The van der Waals surface area contributed by atoms with Crippen LogP contribution in [0.2, 0.25) is 0 Å². The zero-order valence-corrected chi connectivity index (χ0v) is 12.0. The zero-order valence-electron chi connectivity index (χ0n) is 11.2. The Morgan fingerprint density at radius 2 is 1.78 bits per heavy atom. The average Bonchev–Trinajstić information content (AvgIpc) is 2.81. The van der Waals surface area contributed by atoms with Crippen molar-refractivity contribution in [3.63, 3.8) is 0 Å². The molecule has 0 aliphatic rings. The largest absolute Gasteiger partial charge is 0.492 e. The molecule has 0 aliphatic carbocycles.